The summed E-state index contributed by atoms with van der Waals surface area (Å²) in [5.41, 5.74) is 1.06. The largest absolute Gasteiger partial charge is 0.351 e. The highest BCUT2D eigenvalue weighted by molar-refractivity contribution is 9.10. The van der Waals surface area contributed by atoms with Crippen LogP contribution in [0.5, 0.6) is 0 Å². The molecule has 1 aliphatic rings. The summed E-state index contributed by atoms with van der Waals surface area (Å²) in [6.07, 6.45) is 3.46. The normalized spacial score (nSPS) is 15.5. The number of nitrogens with zero attached hydrogens (tertiary/aromatic N) is 3. The van der Waals surface area contributed by atoms with Crippen molar-refractivity contribution in [2.24, 2.45) is 0 Å². The van der Waals surface area contributed by atoms with Crippen LogP contribution in [0.2, 0.25) is 0 Å². The van der Waals surface area contributed by atoms with Crippen molar-refractivity contribution in [1.29, 1.82) is 0 Å². The van der Waals surface area contributed by atoms with Crippen LogP contribution in [-0.4, -0.2) is 55.1 Å². The van der Waals surface area contributed by atoms with E-state index in [0.717, 1.165) is 52.7 Å². The molecular weight excluding hydrogens is 456 g/mol. The molecule has 0 saturated carbocycles. The average Bonchev–Trinajstić information content (AvgIpc) is 3.36. The highest BCUT2D eigenvalue weighted by Gasteiger charge is 2.19. The van der Waals surface area contributed by atoms with E-state index in [1.807, 2.05) is 29.7 Å². The maximum absolute atomic E-state index is 11.9. The quantitative estimate of drug-likeness (QED) is 0.544. The number of nitrogens with one attached hydrogen (secondary N) is 1. The van der Waals surface area contributed by atoms with E-state index < -0.39 is 0 Å². The minimum Gasteiger partial charge on any atom is -0.351 e. The fraction of sp³-hybridized carbons (Fsp3) is 0.300. The number of anilines is 1. The minimum atomic E-state index is -0.0346. The molecule has 146 valence electrons. The Balaban J connectivity index is 1.21. The topological polar surface area (TPSA) is 48.5 Å². The summed E-state index contributed by atoms with van der Waals surface area (Å²) in [5.74, 6) is -0.0346. The summed E-state index contributed by atoms with van der Waals surface area (Å²) in [5, 5.41) is 6.07. The Labute approximate surface area is 180 Å². The number of piperazine rings is 1. The highest BCUT2D eigenvalue weighted by atomic mass is 79.9. The zero-order chi connectivity index (χ0) is 19.3. The Morgan fingerprint density at radius 3 is 2.89 bits per heavy atom. The molecule has 1 aliphatic heterocycles. The second-order valence-corrected chi connectivity index (χ2v) is 9.48. The van der Waals surface area contributed by atoms with Crippen molar-refractivity contribution >= 4 is 65.9 Å². The van der Waals surface area contributed by atoms with E-state index in [0.29, 0.717) is 6.54 Å². The number of halogens is 1. The Hall–Kier alpha value is -1.74. The summed E-state index contributed by atoms with van der Waals surface area (Å²) < 4.78 is 2.30. The van der Waals surface area contributed by atoms with Gasteiger partial charge in [0.05, 0.1) is 10.2 Å². The standard InChI is InChI=1S/C20H21BrN4OS2/c21-15-3-5-17-18(14-15)28-20(23-17)25-11-9-24(10-12-25)8-7-22-19(26)6-4-16-2-1-13-27-16/h1-6,13-14H,7-12H2,(H,22,26)/b6-4+. The highest BCUT2D eigenvalue weighted by Crippen LogP contribution is 2.31. The van der Waals surface area contributed by atoms with Crippen LogP contribution in [0.4, 0.5) is 5.13 Å². The average molecular weight is 477 g/mol. The molecule has 1 fully saturated rings. The first-order chi connectivity index (χ1) is 13.7. The number of hydrogen-bond acceptors (Lipinski definition) is 6. The number of thiophene rings is 1. The first kappa shape index (κ1) is 19.6. The molecule has 0 aliphatic carbocycles. The van der Waals surface area contributed by atoms with Crippen molar-refractivity contribution in [2.45, 2.75) is 0 Å². The van der Waals surface area contributed by atoms with Gasteiger partial charge < -0.3 is 10.2 Å². The molecule has 0 bridgehead atoms. The maximum atomic E-state index is 11.9. The number of hydrogen-bond donors (Lipinski definition) is 1. The number of fused-ring (bicyclic) bond motifs is 1. The number of benzene rings is 1. The molecule has 0 spiro atoms. The summed E-state index contributed by atoms with van der Waals surface area (Å²) in [6.45, 7) is 5.45. The van der Waals surface area contributed by atoms with Gasteiger partial charge in [-0.3, -0.25) is 9.69 Å². The van der Waals surface area contributed by atoms with Crippen molar-refractivity contribution < 1.29 is 4.79 Å². The zero-order valence-electron chi connectivity index (χ0n) is 15.3. The maximum Gasteiger partial charge on any atom is 0.244 e. The Morgan fingerprint density at radius 1 is 1.25 bits per heavy atom. The smallest absolute Gasteiger partial charge is 0.244 e. The first-order valence-corrected chi connectivity index (χ1v) is 11.7. The summed E-state index contributed by atoms with van der Waals surface area (Å²) in [7, 11) is 0. The Kier molecular flexibility index (Phi) is 6.41. The molecule has 0 atom stereocenters. The lowest BCUT2D eigenvalue weighted by atomic mass is 10.3. The van der Waals surface area contributed by atoms with Gasteiger partial charge >= 0.3 is 0 Å². The van der Waals surface area contributed by atoms with Gasteiger partial charge in [0, 0.05) is 54.7 Å². The van der Waals surface area contributed by atoms with Crippen LogP contribution in [0.25, 0.3) is 16.3 Å². The molecule has 1 saturated heterocycles. The molecule has 1 amide bonds. The van der Waals surface area contributed by atoms with Crippen molar-refractivity contribution in [3.63, 3.8) is 0 Å². The van der Waals surface area contributed by atoms with Crippen molar-refractivity contribution in [1.82, 2.24) is 15.2 Å². The zero-order valence-corrected chi connectivity index (χ0v) is 18.5. The van der Waals surface area contributed by atoms with Gasteiger partial charge in [0.2, 0.25) is 5.91 Å². The lowest BCUT2D eigenvalue weighted by Gasteiger charge is -2.34. The number of carbonyl (C=O) groups excluding carboxylic acids is 1. The van der Waals surface area contributed by atoms with E-state index in [1.165, 1.54) is 4.70 Å². The summed E-state index contributed by atoms with van der Waals surface area (Å²) >= 11 is 6.90. The number of rotatable bonds is 6. The van der Waals surface area contributed by atoms with E-state index in [4.69, 9.17) is 4.98 Å². The van der Waals surface area contributed by atoms with E-state index >= 15 is 0 Å². The molecule has 4 rings (SSSR count). The van der Waals surface area contributed by atoms with E-state index in [-0.39, 0.29) is 5.91 Å². The molecule has 0 radical (unpaired) electrons. The fourth-order valence-electron chi connectivity index (χ4n) is 3.12. The molecule has 3 aromatic rings. The van der Waals surface area contributed by atoms with Crippen molar-refractivity contribution in [3.8, 4) is 0 Å². The van der Waals surface area contributed by atoms with Gasteiger partial charge in [0.1, 0.15) is 0 Å². The first-order valence-electron chi connectivity index (χ1n) is 9.20. The second kappa shape index (κ2) is 9.17. The van der Waals surface area contributed by atoms with Crippen molar-refractivity contribution in [2.75, 3.05) is 44.2 Å². The SMILES string of the molecule is O=C(/C=C/c1cccs1)NCCN1CCN(c2nc3ccc(Br)cc3s2)CC1. The van der Waals surface area contributed by atoms with Crippen molar-refractivity contribution in [3.05, 3.63) is 51.1 Å². The third kappa shape index (κ3) is 5.00. The van der Waals surface area contributed by atoms with Gasteiger partial charge in [-0.25, -0.2) is 4.98 Å². The van der Waals surface area contributed by atoms with Crippen LogP contribution >= 0.6 is 38.6 Å². The minimum absolute atomic E-state index is 0.0346. The molecule has 2 aromatic heterocycles. The predicted molar refractivity (Wildman–Crippen MR) is 122 cm³/mol. The van der Waals surface area contributed by atoms with Crippen LogP contribution in [-0.2, 0) is 4.79 Å². The van der Waals surface area contributed by atoms with Crippen LogP contribution in [0.1, 0.15) is 4.88 Å². The van der Waals surface area contributed by atoms with Gasteiger partial charge in [0.25, 0.3) is 0 Å². The summed E-state index contributed by atoms with van der Waals surface area (Å²) in [6, 6.07) is 10.2. The summed E-state index contributed by atoms with van der Waals surface area (Å²) in [4.78, 5) is 22.5. The van der Waals surface area contributed by atoms with Crippen LogP contribution < -0.4 is 10.2 Å². The van der Waals surface area contributed by atoms with Gasteiger partial charge in [-0.15, -0.1) is 11.3 Å². The molecular formula is C20H21BrN4OS2. The molecule has 1 aromatic carbocycles. The second-order valence-electron chi connectivity index (χ2n) is 6.58. The number of amides is 1. The van der Waals surface area contributed by atoms with E-state index in [2.05, 4.69) is 43.2 Å². The van der Waals surface area contributed by atoms with Crippen LogP contribution in [0.15, 0.2) is 46.3 Å². The Morgan fingerprint density at radius 2 is 2.11 bits per heavy atom. The van der Waals surface area contributed by atoms with E-state index in [1.54, 1.807) is 28.7 Å². The number of carbonyl (C=O) groups is 1. The van der Waals surface area contributed by atoms with Gasteiger partial charge in [-0.2, -0.15) is 0 Å². The molecule has 5 nitrogen and oxygen atoms in total. The van der Waals surface area contributed by atoms with Crippen LogP contribution in [0, 0.1) is 0 Å². The third-order valence-corrected chi connectivity index (χ3v) is 7.06. The molecule has 3 heterocycles. The third-order valence-electron chi connectivity index (χ3n) is 4.65. The molecule has 1 N–H and O–H groups in total. The monoisotopic (exact) mass is 476 g/mol. The lowest BCUT2D eigenvalue weighted by Crippen LogP contribution is -2.48. The van der Waals surface area contributed by atoms with E-state index in [9.17, 15) is 4.79 Å². The molecule has 28 heavy (non-hydrogen) atoms. The lowest BCUT2D eigenvalue weighted by molar-refractivity contribution is -0.116. The number of aromatic nitrogens is 1. The van der Waals surface area contributed by atoms with Crippen LogP contribution in [0.3, 0.4) is 0 Å². The molecule has 8 heteroatoms. The fourth-order valence-corrected chi connectivity index (χ4v) is 5.31. The Bertz CT molecular complexity index is 962. The number of thiazole rings is 1. The molecule has 0 unspecified atom stereocenters. The van der Waals surface area contributed by atoms with Gasteiger partial charge in [-0.1, -0.05) is 33.3 Å². The van der Waals surface area contributed by atoms with Gasteiger partial charge in [-0.05, 0) is 35.7 Å². The predicted octanol–water partition coefficient (Wildman–Crippen LogP) is 4.07. The van der Waals surface area contributed by atoms with Gasteiger partial charge in [0.15, 0.2) is 5.13 Å².